The molecular formula is C18H29NO. The summed E-state index contributed by atoms with van der Waals surface area (Å²) in [5.41, 5.74) is 1.50. The summed E-state index contributed by atoms with van der Waals surface area (Å²) in [4.78, 5) is 0. The van der Waals surface area contributed by atoms with Gasteiger partial charge in [0.2, 0.25) is 0 Å². The third-order valence-electron chi connectivity index (χ3n) is 4.83. The Labute approximate surface area is 123 Å². The fourth-order valence-corrected chi connectivity index (χ4v) is 3.33. The van der Waals surface area contributed by atoms with Gasteiger partial charge in [-0.3, -0.25) is 0 Å². The van der Waals surface area contributed by atoms with Gasteiger partial charge in [-0.2, -0.15) is 0 Å². The summed E-state index contributed by atoms with van der Waals surface area (Å²) in [5, 5.41) is 3.87. The van der Waals surface area contributed by atoms with Crippen molar-refractivity contribution in [2.75, 3.05) is 6.61 Å². The van der Waals surface area contributed by atoms with Crippen molar-refractivity contribution in [1.82, 2.24) is 5.32 Å². The Kier molecular flexibility index (Phi) is 5.62. The summed E-state index contributed by atoms with van der Waals surface area (Å²) in [6, 6.07) is 11.8. The summed E-state index contributed by atoms with van der Waals surface area (Å²) < 4.78 is 6.08. The predicted molar refractivity (Wildman–Crippen MR) is 84.9 cm³/mol. The van der Waals surface area contributed by atoms with Crippen molar-refractivity contribution in [3.63, 3.8) is 0 Å². The van der Waals surface area contributed by atoms with E-state index in [0.717, 1.165) is 38.7 Å². The van der Waals surface area contributed by atoms with Crippen LogP contribution in [0.4, 0.5) is 0 Å². The molecule has 0 aliphatic carbocycles. The Hall–Kier alpha value is -0.860. The lowest BCUT2D eigenvalue weighted by Gasteiger charge is -2.41. The minimum atomic E-state index is 0.102. The molecule has 1 saturated heterocycles. The maximum absolute atomic E-state index is 6.08. The van der Waals surface area contributed by atoms with Crippen LogP contribution in [0.2, 0.25) is 0 Å². The first-order chi connectivity index (χ1) is 9.73. The molecule has 20 heavy (non-hydrogen) atoms. The first kappa shape index (κ1) is 15.5. The highest BCUT2D eigenvalue weighted by molar-refractivity contribution is 5.19. The molecule has 0 bridgehead atoms. The van der Waals surface area contributed by atoms with Crippen LogP contribution in [0.15, 0.2) is 30.3 Å². The lowest BCUT2D eigenvalue weighted by molar-refractivity contribution is -0.0942. The second kappa shape index (κ2) is 7.24. The molecule has 1 fully saturated rings. The molecule has 0 amide bonds. The molecule has 2 unspecified atom stereocenters. The standard InChI is InChI=1S/C18H29NO/c1-4-17(15-10-8-7-9-11-15)19-16-12-13-20-18(5-2,6-3)14-16/h7-11,16-17,19H,4-6,12-14H2,1-3H3. The normalized spacial score (nSPS) is 23.4. The fourth-order valence-electron chi connectivity index (χ4n) is 3.33. The molecule has 1 aromatic rings. The quantitative estimate of drug-likeness (QED) is 0.827. The van der Waals surface area contributed by atoms with Crippen molar-refractivity contribution < 1.29 is 4.74 Å². The Bertz CT molecular complexity index is 386. The van der Waals surface area contributed by atoms with Crippen LogP contribution in [0.5, 0.6) is 0 Å². The molecule has 0 spiro atoms. The lowest BCUT2D eigenvalue weighted by Crippen LogP contribution is -2.47. The van der Waals surface area contributed by atoms with Crippen molar-refractivity contribution in [3.05, 3.63) is 35.9 Å². The number of hydrogen-bond donors (Lipinski definition) is 1. The van der Waals surface area contributed by atoms with Gasteiger partial charge in [0.25, 0.3) is 0 Å². The van der Waals surface area contributed by atoms with E-state index in [4.69, 9.17) is 4.74 Å². The number of benzene rings is 1. The third kappa shape index (κ3) is 3.62. The number of hydrogen-bond acceptors (Lipinski definition) is 2. The van der Waals surface area contributed by atoms with E-state index in [1.54, 1.807) is 0 Å². The van der Waals surface area contributed by atoms with Crippen LogP contribution in [-0.4, -0.2) is 18.2 Å². The molecule has 2 heteroatoms. The molecule has 2 rings (SSSR count). The van der Waals surface area contributed by atoms with Crippen molar-refractivity contribution in [3.8, 4) is 0 Å². The summed E-state index contributed by atoms with van der Waals surface area (Å²) in [5.74, 6) is 0. The molecule has 0 aromatic heterocycles. The average molecular weight is 275 g/mol. The Balaban J connectivity index is 2.01. The van der Waals surface area contributed by atoms with Gasteiger partial charge in [0, 0.05) is 18.7 Å². The smallest absolute Gasteiger partial charge is 0.0692 e. The van der Waals surface area contributed by atoms with Gasteiger partial charge in [-0.05, 0) is 37.7 Å². The highest BCUT2D eigenvalue weighted by Crippen LogP contribution is 2.32. The summed E-state index contributed by atoms with van der Waals surface area (Å²) in [7, 11) is 0. The minimum Gasteiger partial charge on any atom is -0.375 e. The number of ether oxygens (including phenoxy) is 1. The number of nitrogens with one attached hydrogen (secondary N) is 1. The van der Waals surface area contributed by atoms with Gasteiger partial charge < -0.3 is 10.1 Å². The van der Waals surface area contributed by atoms with Crippen molar-refractivity contribution in [2.45, 2.75) is 70.6 Å². The van der Waals surface area contributed by atoms with Crippen LogP contribution in [0, 0.1) is 0 Å². The van der Waals surface area contributed by atoms with Gasteiger partial charge in [0.1, 0.15) is 0 Å². The van der Waals surface area contributed by atoms with E-state index in [2.05, 4.69) is 56.4 Å². The van der Waals surface area contributed by atoms with Crippen LogP contribution in [0.1, 0.15) is 64.5 Å². The van der Waals surface area contributed by atoms with E-state index in [9.17, 15) is 0 Å². The van der Waals surface area contributed by atoms with Gasteiger partial charge in [-0.25, -0.2) is 0 Å². The average Bonchev–Trinajstić information content (AvgIpc) is 2.53. The largest absolute Gasteiger partial charge is 0.375 e. The molecule has 1 aromatic carbocycles. The third-order valence-corrected chi connectivity index (χ3v) is 4.83. The monoisotopic (exact) mass is 275 g/mol. The molecule has 0 saturated carbocycles. The summed E-state index contributed by atoms with van der Waals surface area (Å²) in [6.45, 7) is 7.65. The molecule has 1 aliphatic rings. The van der Waals surface area contributed by atoms with Crippen molar-refractivity contribution in [1.29, 1.82) is 0 Å². The highest BCUT2D eigenvalue weighted by Gasteiger charge is 2.35. The Morgan fingerprint density at radius 1 is 1.20 bits per heavy atom. The zero-order chi connectivity index (χ0) is 14.4. The van der Waals surface area contributed by atoms with Crippen LogP contribution in [-0.2, 0) is 4.74 Å². The maximum atomic E-state index is 6.08. The van der Waals surface area contributed by atoms with Gasteiger partial charge >= 0.3 is 0 Å². The van der Waals surface area contributed by atoms with E-state index in [0.29, 0.717) is 12.1 Å². The molecule has 1 N–H and O–H groups in total. The van der Waals surface area contributed by atoms with Gasteiger partial charge in [0.15, 0.2) is 0 Å². The van der Waals surface area contributed by atoms with Gasteiger partial charge in [-0.15, -0.1) is 0 Å². The summed E-state index contributed by atoms with van der Waals surface area (Å²) >= 11 is 0. The maximum Gasteiger partial charge on any atom is 0.0692 e. The Morgan fingerprint density at radius 3 is 2.50 bits per heavy atom. The van der Waals surface area contributed by atoms with Gasteiger partial charge in [0.05, 0.1) is 5.60 Å². The van der Waals surface area contributed by atoms with E-state index in [1.165, 1.54) is 5.56 Å². The first-order valence-electron chi connectivity index (χ1n) is 8.18. The molecular weight excluding hydrogens is 246 g/mol. The predicted octanol–water partition coefficient (Wildman–Crippen LogP) is 4.47. The fraction of sp³-hybridized carbons (Fsp3) is 0.667. The molecule has 2 atom stereocenters. The lowest BCUT2D eigenvalue weighted by atomic mass is 9.85. The van der Waals surface area contributed by atoms with Crippen LogP contribution < -0.4 is 5.32 Å². The molecule has 112 valence electrons. The molecule has 0 radical (unpaired) electrons. The van der Waals surface area contributed by atoms with E-state index < -0.39 is 0 Å². The first-order valence-corrected chi connectivity index (χ1v) is 8.18. The molecule has 2 nitrogen and oxygen atoms in total. The van der Waals surface area contributed by atoms with Crippen molar-refractivity contribution in [2.24, 2.45) is 0 Å². The Morgan fingerprint density at radius 2 is 1.90 bits per heavy atom. The van der Waals surface area contributed by atoms with Gasteiger partial charge in [-0.1, -0.05) is 51.1 Å². The summed E-state index contributed by atoms with van der Waals surface area (Å²) in [6.07, 6.45) is 5.63. The number of rotatable bonds is 6. The molecule has 1 aliphatic heterocycles. The van der Waals surface area contributed by atoms with E-state index >= 15 is 0 Å². The minimum absolute atomic E-state index is 0.102. The second-order valence-electron chi connectivity index (χ2n) is 5.97. The van der Waals surface area contributed by atoms with Crippen LogP contribution in [0.25, 0.3) is 0 Å². The van der Waals surface area contributed by atoms with Crippen molar-refractivity contribution >= 4 is 0 Å². The second-order valence-corrected chi connectivity index (χ2v) is 5.97. The highest BCUT2D eigenvalue weighted by atomic mass is 16.5. The SMILES string of the molecule is CCC(NC1CCOC(CC)(CC)C1)c1ccccc1. The van der Waals surface area contributed by atoms with Crippen LogP contribution in [0.3, 0.4) is 0 Å². The molecule has 1 heterocycles. The van der Waals surface area contributed by atoms with E-state index in [-0.39, 0.29) is 5.60 Å². The van der Waals surface area contributed by atoms with E-state index in [1.807, 2.05) is 0 Å². The topological polar surface area (TPSA) is 21.3 Å². The zero-order valence-electron chi connectivity index (χ0n) is 13.2. The zero-order valence-corrected chi connectivity index (χ0v) is 13.2. The van der Waals surface area contributed by atoms with Crippen LogP contribution >= 0.6 is 0 Å².